The van der Waals surface area contributed by atoms with Gasteiger partial charge in [-0.05, 0) is 38.0 Å². The zero-order valence-electron chi connectivity index (χ0n) is 17.1. The maximum atomic E-state index is 12.7. The zero-order chi connectivity index (χ0) is 20.4. The number of pyridine rings is 1. The van der Waals surface area contributed by atoms with Gasteiger partial charge >= 0.3 is 5.97 Å². The summed E-state index contributed by atoms with van der Waals surface area (Å²) in [7, 11) is 0. The van der Waals surface area contributed by atoms with E-state index in [1.165, 1.54) is 5.56 Å². The molecule has 152 valence electrons. The lowest BCUT2D eigenvalue weighted by atomic mass is 10.0. The lowest BCUT2D eigenvalue weighted by Crippen LogP contribution is -2.45. The highest BCUT2D eigenvalue weighted by Crippen LogP contribution is 2.34. The van der Waals surface area contributed by atoms with Crippen molar-refractivity contribution in [2.75, 3.05) is 31.2 Å². The first-order chi connectivity index (χ1) is 14.1. The molecule has 3 heterocycles. The Morgan fingerprint density at radius 3 is 2.97 bits per heavy atom. The number of carbonyl (C=O) groups excluding carboxylic acids is 1. The second-order valence-electron chi connectivity index (χ2n) is 7.31. The van der Waals surface area contributed by atoms with Crippen LogP contribution >= 0.6 is 0 Å². The predicted octanol–water partition coefficient (Wildman–Crippen LogP) is 3.13. The summed E-state index contributed by atoms with van der Waals surface area (Å²) in [5.41, 5.74) is 4.61. The van der Waals surface area contributed by atoms with E-state index in [-0.39, 0.29) is 12.1 Å². The van der Waals surface area contributed by atoms with Crippen LogP contribution in [-0.2, 0) is 16.0 Å². The molecule has 0 amide bonds. The second-order valence-corrected chi connectivity index (χ2v) is 7.31. The fourth-order valence-corrected chi connectivity index (χ4v) is 3.84. The SMILES string of the molecule is CCOC(=O)c1cnc2c(C)c(C)ccc2c1N1CCOC(Cn2cccn2)C1. The summed E-state index contributed by atoms with van der Waals surface area (Å²) in [5.74, 6) is -0.342. The summed E-state index contributed by atoms with van der Waals surface area (Å²) < 4.78 is 13.2. The molecular weight excluding hydrogens is 368 g/mol. The molecule has 0 saturated carbocycles. The van der Waals surface area contributed by atoms with Crippen LogP contribution in [0.5, 0.6) is 0 Å². The molecule has 1 aliphatic rings. The molecule has 2 aromatic heterocycles. The van der Waals surface area contributed by atoms with Gasteiger partial charge in [0, 0.05) is 37.1 Å². The molecule has 1 unspecified atom stereocenters. The Morgan fingerprint density at radius 1 is 1.34 bits per heavy atom. The Bertz CT molecular complexity index is 1020. The Kier molecular flexibility index (Phi) is 5.49. The van der Waals surface area contributed by atoms with Crippen LogP contribution in [0.3, 0.4) is 0 Å². The lowest BCUT2D eigenvalue weighted by Gasteiger charge is -2.36. The highest BCUT2D eigenvalue weighted by Gasteiger charge is 2.27. The first-order valence-corrected chi connectivity index (χ1v) is 9.98. The highest BCUT2D eigenvalue weighted by molar-refractivity contribution is 6.06. The summed E-state index contributed by atoms with van der Waals surface area (Å²) in [4.78, 5) is 19.5. The number of rotatable bonds is 5. The first kappa shape index (κ1) is 19.4. The minimum Gasteiger partial charge on any atom is -0.462 e. The van der Waals surface area contributed by atoms with E-state index in [9.17, 15) is 4.79 Å². The van der Waals surface area contributed by atoms with Crippen LogP contribution in [0.1, 0.15) is 28.4 Å². The summed E-state index contributed by atoms with van der Waals surface area (Å²) in [6, 6.07) is 6.04. The van der Waals surface area contributed by atoms with E-state index in [0.29, 0.717) is 38.4 Å². The van der Waals surface area contributed by atoms with Gasteiger partial charge in [-0.15, -0.1) is 0 Å². The monoisotopic (exact) mass is 394 g/mol. The standard InChI is InChI=1S/C22H26N4O3/c1-4-28-22(27)19-12-23-20-16(3)15(2)6-7-18(20)21(19)25-10-11-29-17(13-25)14-26-9-5-8-24-26/h5-9,12,17H,4,10-11,13-14H2,1-3H3. The number of anilines is 1. The maximum Gasteiger partial charge on any atom is 0.341 e. The van der Waals surface area contributed by atoms with Gasteiger partial charge in [-0.1, -0.05) is 12.1 Å². The second kappa shape index (κ2) is 8.21. The fourth-order valence-electron chi connectivity index (χ4n) is 3.84. The minimum atomic E-state index is -0.342. The molecule has 0 spiro atoms. The molecule has 7 nitrogen and oxygen atoms in total. The van der Waals surface area contributed by atoms with E-state index in [1.807, 2.05) is 23.9 Å². The summed E-state index contributed by atoms with van der Waals surface area (Å²) in [6.07, 6.45) is 5.33. The number of aryl methyl sites for hydroxylation is 2. The van der Waals surface area contributed by atoms with Gasteiger partial charge in [0.1, 0.15) is 5.56 Å². The number of nitrogens with zero attached hydrogens (tertiary/aromatic N) is 4. The molecule has 7 heteroatoms. The Morgan fingerprint density at radius 2 is 2.21 bits per heavy atom. The van der Waals surface area contributed by atoms with Crippen molar-refractivity contribution in [1.82, 2.24) is 14.8 Å². The molecule has 0 aliphatic carbocycles. The molecule has 1 aromatic carbocycles. The zero-order valence-corrected chi connectivity index (χ0v) is 17.1. The Balaban J connectivity index is 1.76. The van der Waals surface area contributed by atoms with Gasteiger partial charge in [0.25, 0.3) is 0 Å². The van der Waals surface area contributed by atoms with Crippen LogP contribution in [-0.4, -0.2) is 53.1 Å². The first-order valence-electron chi connectivity index (χ1n) is 9.98. The van der Waals surface area contributed by atoms with Crippen molar-refractivity contribution in [2.24, 2.45) is 0 Å². The number of esters is 1. The maximum absolute atomic E-state index is 12.7. The summed E-state index contributed by atoms with van der Waals surface area (Å²) in [5, 5.41) is 5.25. The minimum absolute atomic E-state index is 0.0199. The van der Waals surface area contributed by atoms with E-state index < -0.39 is 0 Å². The molecule has 29 heavy (non-hydrogen) atoms. The van der Waals surface area contributed by atoms with Crippen molar-refractivity contribution >= 4 is 22.6 Å². The van der Waals surface area contributed by atoms with Crippen molar-refractivity contribution in [3.8, 4) is 0 Å². The van der Waals surface area contributed by atoms with Crippen LogP contribution in [0.2, 0.25) is 0 Å². The number of hydrogen-bond acceptors (Lipinski definition) is 6. The number of hydrogen-bond donors (Lipinski definition) is 0. The summed E-state index contributed by atoms with van der Waals surface area (Å²) in [6.45, 7) is 8.90. The van der Waals surface area contributed by atoms with Crippen LogP contribution in [0.4, 0.5) is 5.69 Å². The normalized spacial score (nSPS) is 16.9. The lowest BCUT2D eigenvalue weighted by molar-refractivity contribution is 0.0272. The third-order valence-electron chi connectivity index (χ3n) is 5.44. The number of morpholine rings is 1. The van der Waals surface area contributed by atoms with Crippen LogP contribution in [0, 0.1) is 13.8 Å². The molecule has 1 atom stereocenters. The third-order valence-corrected chi connectivity index (χ3v) is 5.44. The van der Waals surface area contributed by atoms with Crippen molar-refractivity contribution in [1.29, 1.82) is 0 Å². The number of benzene rings is 1. The van der Waals surface area contributed by atoms with E-state index in [4.69, 9.17) is 9.47 Å². The Labute approximate surface area is 170 Å². The van der Waals surface area contributed by atoms with Gasteiger partial charge in [0.05, 0.1) is 37.1 Å². The summed E-state index contributed by atoms with van der Waals surface area (Å²) >= 11 is 0. The van der Waals surface area contributed by atoms with Crippen LogP contribution in [0.15, 0.2) is 36.8 Å². The molecule has 1 saturated heterocycles. The van der Waals surface area contributed by atoms with Gasteiger partial charge in [0.2, 0.25) is 0 Å². The molecule has 3 aromatic rings. The quantitative estimate of drug-likeness (QED) is 0.620. The number of fused-ring (bicyclic) bond motifs is 1. The molecule has 4 rings (SSSR count). The molecule has 0 bridgehead atoms. The van der Waals surface area contributed by atoms with Gasteiger partial charge in [0.15, 0.2) is 0 Å². The van der Waals surface area contributed by atoms with Crippen molar-refractivity contribution in [3.05, 3.63) is 53.5 Å². The van der Waals surface area contributed by atoms with Crippen LogP contribution < -0.4 is 4.90 Å². The Hall–Kier alpha value is -2.93. The van der Waals surface area contributed by atoms with E-state index in [0.717, 1.165) is 22.2 Å². The number of carbonyl (C=O) groups is 1. The average Bonchev–Trinajstić information content (AvgIpc) is 3.23. The molecule has 1 fully saturated rings. The predicted molar refractivity (Wildman–Crippen MR) is 111 cm³/mol. The van der Waals surface area contributed by atoms with E-state index in [1.54, 1.807) is 12.4 Å². The van der Waals surface area contributed by atoms with Gasteiger partial charge < -0.3 is 14.4 Å². The third kappa shape index (κ3) is 3.82. The average molecular weight is 394 g/mol. The van der Waals surface area contributed by atoms with Crippen LogP contribution in [0.25, 0.3) is 10.9 Å². The number of ether oxygens (including phenoxy) is 2. The van der Waals surface area contributed by atoms with E-state index in [2.05, 4.69) is 41.0 Å². The van der Waals surface area contributed by atoms with Crippen molar-refractivity contribution in [3.63, 3.8) is 0 Å². The topological polar surface area (TPSA) is 69.5 Å². The fraction of sp³-hybridized carbons (Fsp3) is 0.409. The molecule has 0 radical (unpaired) electrons. The molecule has 0 N–H and O–H groups in total. The molecule has 1 aliphatic heterocycles. The largest absolute Gasteiger partial charge is 0.462 e. The van der Waals surface area contributed by atoms with Gasteiger partial charge in [-0.2, -0.15) is 5.10 Å². The van der Waals surface area contributed by atoms with E-state index >= 15 is 0 Å². The van der Waals surface area contributed by atoms with Crippen molar-refractivity contribution in [2.45, 2.75) is 33.4 Å². The highest BCUT2D eigenvalue weighted by atomic mass is 16.5. The van der Waals surface area contributed by atoms with Crippen molar-refractivity contribution < 1.29 is 14.3 Å². The number of aromatic nitrogens is 3. The smallest absolute Gasteiger partial charge is 0.341 e. The van der Waals surface area contributed by atoms with Gasteiger partial charge in [-0.25, -0.2) is 4.79 Å². The molecular formula is C22H26N4O3. The van der Waals surface area contributed by atoms with Gasteiger partial charge in [-0.3, -0.25) is 9.67 Å².